The van der Waals surface area contributed by atoms with Gasteiger partial charge in [-0.25, -0.2) is 9.78 Å². The van der Waals surface area contributed by atoms with Gasteiger partial charge in [-0.15, -0.1) is 0 Å². The SMILES string of the molecule is CC(=O)NC1C(O)OC(COOC2OC(C)C(O)C(O)C2O)C(OC2OC(CO)C(OC3OC(CO)C(OC4OC(CO)C(OC5OC(COC(C)=O)C(O)C(O)C5N)C(O)C4NC(C)=O)C(O)C3NC(C)=O)C(O)C2NC(C)=O)C1O. The van der Waals surface area contributed by atoms with Gasteiger partial charge in [0.1, 0.15) is 147 Å². The second kappa shape index (κ2) is 29.6. The quantitative estimate of drug-likeness (QED) is 0.0288. The Bertz CT molecular complexity index is 2110. The van der Waals surface area contributed by atoms with E-state index in [1.54, 1.807) is 0 Å². The summed E-state index contributed by atoms with van der Waals surface area (Å²) in [6.07, 6.45) is -43.8. The largest absolute Gasteiger partial charge is 0.463 e. The molecule has 30 unspecified atom stereocenters. The minimum atomic E-state index is -2.05. The van der Waals surface area contributed by atoms with Crippen LogP contribution < -0.4 is 27.0 Å². The molecule has 0 aromatic rings. The summed E-state index contributed by atoms with van der Waals surface area (Å²) in [5, 5.41) is 152. The molecule has 0 spiro atoms. The lowest BCUT2D eigenvalue weighted by Gasteiger charge is -2.51. The lowest BCUT2D eigenvalue weighted by Crippen LogP contribution is -2.72. The van der Waals surface area contributed by atoms with E-state index >= 15 is 0 Å². The van der Waals surface area contributed by atoms with Crippen molar-refractivity contribution in [1.29, 1.82) is 0 Å². The fourth-order valence-electron chi connectivity index (χ4n) is 10.1. The van der Waals surface area contributed by atoms with Crippen molar-refractivity contribution in [2.24, 2.45) is 5.73 Å². The number of hydrogen-bond acceptors (Lipinski definition) is 32. The Morgan fingerprint density at radius 3 is 1.20 bits per heavy atom. The first-order chi connectivity index (χ1) is 38.6. The minimum absolute atomic E-state index is 0.563. The maximum absolute atomic E-state index is 12.8. The number of aliphatic hydroxyl groups excluding tert-OH is 13. The van der Waals surface area contributed by atoms with Crippen LogP contribution in [-0.4, -0.2) is 313 Å². The molecule has 0 radical (unpaired) electrons. The molecular weight excluding hydrogens is 1120 g/mol. The number of nitrogens with two attached hydrogens (primary N) is 1. The average molecular weight is 1200 g/mol. The summed E-state index contributed by atoms with van der Waals surface area (Å²) < 4.78 is 64.0. The van der Waals surface area contributed by atoms with Gasteiger partial charge < -0.3 is 145 Å². The summed E-state index contributed by atoms with van der Waals surface area (Å²) in [4.78, 5) is 72.2. The standard InChI is InChI=1S/C46H77N5O31/c1-12-28(60)35(67)36(68)46(72-12)82-71-11-22-40(31(63)24(41(69)73-22)48-13(2)55)81-45-27(51-16(5)58)34(66)39(20(9-54)76-45)80-44-26(50-15(4)57)33(65)38(19(8-53)75-44)79-43-25(49-14(3)56)32(64)37(18(7-52)74-43)78-42-23(47)30(62)29(61)21(77-42)10-70-17(6)59/h12,18-46,52-54,60-69H,7-11,47H2,1-6H3,(H,48,55)(H,49,56)(H,50,57)(H,51,58). The van der Waals surface area contributed by atoms with Gasteiger partial charge >= 0.3 is 5.97 Å². The molecule has 0 aliphatic carbocycles. The van der Waals surface area contributed by atoms with Crippen LogP contribution in [0.4, 0.5) is 0 Å². The van der Waals surface area contributed by atoms with Gasteiger partial charge in [-0.2, -0.15) is 0 Å². The van der Waals surface area contributed by atoms with E-state index in [1.165, 1.54) is 6.92 Å². The van der Waals surface area contributed by atoms with Crippen LogP contribution >= 0.6 is 0 Å². The molecule has 0 aromatic heterocycles. The number of ether oxygens (including phenoxy) is 11. The van der Waals surface area contributed by atoms with Crippen molar-refractivity contribution in [2.45, 2.75) is 225 Å². The summed E-state index contributed by atoms with van der Waals surface area (Å²) >= 11 is 0. The Hall–Kier alpha value is -3.69. The number of esters is 1. The van der Waals surface area contributed by atoms with Crippen molar-refractivity contribution in [3.8, 4) is 0 Å². The van der Waals surface area contributed by atoms with E-state index in [1.807, 2.05) is 0 Å². The molecule has 0 bridgehead atoms. The van der Waals surface area contributed by atoms with Gasteiger partial charge in [-0.1, -0.05) is 0 Å². The smallest absolute Gasteiger partial charge is 0.302 e. The highest BCUT2D eigenvalue weighted by Gasteiger charge is 2.58. The van der Waals surface area contributed by atoms with Gasteiger partial charge in [0.15, 0.2) is 31.5 Å². The van der Waals surface area contributed by atoms with Crippen molar-refractivity contribution >= 4 is 29.6 Å². The van der Waals surface area contributed by atoms with Gasteiger partial charge in [-0.3, -0.25) is 24.0 Å². The fourth-order valence-corrected chi connectivity index (χ4v) is 10.1. The number of amides is 4. The maximum Gasteiger partial charge on any atom is 0.302 e. The number of aliphatic hydroxyl groups is 13. The van der Waals surface area contributed by atoms with Gasteiger partial charge in [0, 0.05) is 34.6 Å². The fraction of sp³-hybridized carbons (Fsp3) is 0.891. The third kappa shape index (κ3) is 15.8. The van der Waals surface area contributed by atoms with Crippen LogP contribution in [0.2, 0.25) is 0 Å². The van der Waals surface area contributed by atoms with Crippen molar-refractivity contribution in [2.75, 3.05) is 33.0 Å². The number of carbonyl (C=O) groups is 5. The molecular formula is C46H77N5O31. The predicted molar refractivity (Wildman–Crippen MR) is 257 cm³/mol. The first-order valence-electron chi connectivity index (χ1n) is 26.1. The summed E-state index contributed by atoms with van der Waals surface area (Å²) in [6.45, 7) is 2.19. The van der Waals surface area contributed by atoms with Gasteiger partial charge in [0.25, 0.3) is 0 Å². The molecule has 36 nitrogen and oxygen atoms in total. The molecule has 6 rings (SSSR count). The topological polar surface area (TPSA) is 542 Å². The molecule has 6 aliphatic rings. The second-order valence-electron chi connectivity index (χ2n) is 20.5. The van der Waals surface area contributed by atoms with E-state index in [-0.39, 0.29) is 0 Å². The summed E-state index contributed by atoms with van der Waals surface area (Å²) in [7, 11) is 0. The second-order valence-corrected chi connectivity index (χ2v) is 20.5. The van der Waals surface area contributed by atoms with Crippen LogP contribution in [-0.2, 0) is 85.9 Å². The van der Waals surface area contributed by atoms with E-state index in [0.717, 1.165) is 34.6 Å². The van der Waals surface area contributed by atoms with E-state index in [4.69, 9.17) is 67.6 Å². The summed E-state index contributed by atoms with van der Waals surface area (Å²) in [5.41, 5.74) is 6.11. The third-order valence-electron chi connectivity index (χ3n) is 14.3. The van der Waals surface area contributed by atoms with Crippen LogP contribution in [0.1, 0.15) is 41.5 Å². The Kier molecular flexibility index (Phi) is 24.3. The van der Waals surface area contributed by atoms with Gasteiger partial charge in [0.2, 0.25) is 29.9 Å². The normalized spacial score (nSPS) is 45.3. The molecule has 0 aromatic carbocycles. The van der Waals surface area contributed by atoms with E-state index < -0.39 is 247 Å². The van der Waals surface area contributed by atoms with E-state index in [0.29, 0.717) is 0 Å². The summed E-state index contributed by atoms with van der Waals surface area (Å²) in [6, 6.07) is -8.35. The van der Waals surface area contributed by atoms with Gasteiger partial charge in [0.05, 0.1) is 32.0 Å². The lowest BCUT2D eigenvalue weighted by atomic mass is 9.93. The Morgan fingerprint density at radius 2 is 0.793 bits per heavy atom. The highest BCUT2D eigenvalue weighted by atomic mass is 17.2. The lowest BCUT2D eigenvalue weighted by molar-refractivity contribution is -0.434. The first-order valence-corrected chi connectivity index (χ1v) is 26.1. The molecule has 6 aliphatic heterocycles. The number of rotatable bonds is 21. The molecule has 6 fully saturated rings. The highest BCUT2D eigenvalue weighted by molar-refractivity contribution is 5.74. The molecule has 6 heterocycles. The van der Waals surface area contributed by atoms with Crippen molar-refractivity contribution < 1.29 is 152 Å². The first kappa shape index (κ1) is 67.4. The molecule has 19 N–H and O–H groups in total. The minimum Gasteiger partial charge on any atom is -0.463 e. The molecule has 30 atom stereocenters. The molecule has 6 saturated heterocycles. The number of carbonyl (C=O) groups excluding carboxylic acids is 5. The van der Waals surface area contributed by atoms with Gasteiger partial charge in [-0.05, 0) is 6.92 Å². The van der Waals surface area contributed by atoms with Crippen LogP contribution in [0.3, 0.4) is 0 Å². The Labute approximate surface area is 466 Å². The maximum atomic E-state index is 12.8. The Balaban J connectivity index is 1.21. The molecule has 4 amide bonds. The van der Waals surface area contributed by atoms with Crippen LogP contribution in [0.25, 0.3) is 0 Å². The Morgan fingerprint density at radius 1 is 0.415 bits per heavy atom. The summed E-state index contributed by atoms with van der Waals surface area (Å²) in [5.74, 6) is -3.97. The van der Waals surface area contributed by atoms with E-state index in [9.17, 15) is 90.4 Å². The highest BCUT2D eigenvalue weighted by Crippen LogP contribution is 2.36. The van der Waals surface area contributed by atoms with Crippen LogP contribution in [0.15, 0.2) is 0 Å². The van der Waals surface area contributed by atoms with Crippen molar-refractivity contribution in [1.82, 2.24) is 21.3 Å². The molecule has 472 valence electrons. The zero-order valence-corrected chi connectivity index (χ0v) is 45.1. The monoisotopic (exact) mass is 1200 g/mol. The zero-order valence-electron chi connectivity index (χ0n) is 45.1. The third-order valence-corrected chi connectivity index (χ3v) is 14.3. The van der Waals surface area contributed by atoms with Crippen molar-refractivity contribution in [3.63, 3.8) is 0 Å². The molecule has 0 saturated carbocycles. The average Bonchev–Trinajstić information content (AvgIpc) is 3.48. The predicted octanol–water partition coefficient (Wildman–Crippen LogP) is -12.0. The number of nitrogens with one attached hydrogen (secondary N) is 4. The van der Waals surface area contributed by atoms with Crippen LogP contribution in [0, 0.1) is 0 Å². The van der Waals surface area contributed by atoms with Crippen LogP contribution in [0.5, 0.6) is 0 Å². The van der Waals surface area contributed by atoms with Crippen molar-refractivity contribution in [3.05, 3.63) is 0 Å². The number of hydrogen-bond donors (Lipinski definition) is 18. The molecule has 82 heavy (non-hydrogen) atoms. The zero-order chi connectivity index (χ0) is 60.8. The molecule has 36 heteroatoms. The van der Waals surface area contributed by atoms with E-state index in [2.05, 4.69) is 21.3 Å².